The summed E-state index contributed by atoms with van der Waals surface area (Å²) in [6.45, 7) is 7.97. The number of carbonyl (C=O) groups excluding carboxylic acids is 1. The van der Waals surface area contributed by atoms with Gasteiger partial charge in [-0.3, -0.25) is 0 Å². The van der Waals surface area contributed by atoms with Crippen molar-refractivity contribution in [3.05, 3.63) is 35.9 Å². The maximum atomic E-state index is 12.0. The van der Waals surface area contributed by atoms with Crippen LogP contribution in [0.25, 0.3) is 0 Å². The molecule has 26 heavy (non-hydrogen) atoms. The third-order valence-corrected chi connectivity index (χ3v) is 5.30. The van der Waals surface area contributed by atoms with Crippen molar-refractivity contribution in [2.24, 2.45) is 11.8 Å². The molecule has 0 saturated carbocycles. The summed E-state index contributed by atoms with van der Waals surface area (Å²) in [5, 5.41) is 3.71. The van der Waals surface area contributed by atoms with Crippen molar-refractivity contribution in [1.82, 2.24) is 10.2 Å². The Morgan fingerprint density at radius 1 is 1.23 bits per heavy atom. The molecule has 0 aliphatic carbocycles. The molecule has 2 atom stereocenters. The minimum absolute atomic E-state index is 0.162. The quantitative estimate of drug-likeness (QED) is 0.842. The Morgan fingerprint density at radius 2 is 1.96 bits per heavy atom. The summed E-state index contributed by atoms with van der Waals surface area (Å²) < 4.78 is 11.3. The third-order valence-electron chi connectivity index (χ3n) is 5.30. The van der Waals surface area contributed by atoms with E-state index in [0.29, 0.717) is 24.5 Å². The molecule has 1 aromatic rings. The van der Waals surface area contributed by atoms with Crippen LogP contribution in [0, 0.1) is 11.8 Å². The molecule has 2 aliphatic rings. The van der Waals surface area contributed by atoms with Gasteiger partial charge in [-0.05, 0) is 30.7 Å². The lowest BCUT2D eigenvalue weighted by molar-refractivity contribution is 0.0787. The Bertz CT molecular complexity index is 556. The summed E-state index contributed by atoms with van der Waals surface area (Å²) in [5.41, 5.74) is 1.28. The van der Waals surface area contributed by atoms with E-state index in [9.17, 15) is 4.79 Å². The van der Waals surface area contributed by atoms with Gasteiger partial charge in [0.1, 0.15) is 0 Å². The molecule has 0 radical (unpaired) electrons. The first-order valence-corrected chi connectivity index (χ1v) is 9.95. The van der Waals surface area contributed by atoms with Crippen molar-refractivity contribution in [1.29, 1.82) is 0 Å². The highest BCUT2D eigenvalue weighted by Crippen LogP contribution is 2.34. The largest absolute Gasteiger partial charge is 0.449 e. The van der Waals surface area contributed by atoms with Crippen molar-refractivity contribution < 1.29 is 14.3 Å². The molecule has 2 aliphatic heterocycles. The Kier molecular flexibility index (Phi) is 6.92. The van der Waals surface area contributed by atoms with Gasteiger partial charge in [-0.1, -0.05) is 44.2 Å². The molecule has 2 fully saturated rings. The van der Waals surface area contributed by atoms with Crippen molar-refractivity contribution in [3.63, 3.8) is 0 Å². The SMILES string of the molecule is CC(C)COC(=O)N1CCC(NC[C@@H]2CCO[C@H]2c2ccccc2)CC1. The lowest BCUT2D eigenvalue weighted by Gasteiger charge is -2.33. The van der Waals surface area contributed by atoms with E-state index in [1.807, 2.05) is 11.0 Å². The van der Waals surface area contributed by atoms with Crippen LogP contribution in [0.1, 0.15) is 44.8 Å². The Morgan fingerprint density at radius 3 is 2.65 bits per heavy atom. The summed E-state index contributed by atoms with van der Waals surface area (Å²) in [6.07, 6.45) is 3.12. The molecule has 1 N–H and O–H groups in total. The fraction of sp³-hybridized carbons (Fsp3) is 0.667. The number of ether oxygens (including phenoxy) is 2. The van der Waals surface area contributed by atoms with Gasteiger partial charge in [0, 0.05) is 38.2 Å². The highest BCUT2D eigenvalue weighted by atomic mass is 16.6. The van der Waals surface area contributed by atoms with Crippen LogP contribution in [0.2, 0.25) is 0 Å². The van der Waals surface area contributed by atoms with Gasteiger partial charge < -0.3 is 19.7 Å². The molecule has 2 saturated heterocycles. The second-order valence-electron chi connectivity index (χ2n) is 7.89. The zero-order valence-electron chi connectivity index (χ0n) is 16.0. The number of hydrogen-bond donors (Lipinski definition) is 1. The molecule has 1 aromatic carbocycles. The zero-order valence-corrected chi connectivity index (χ0v) is 16.0. The number of hydrogen-bond acceptors (Lipinski definition) is 4. The molecule has 2 heterocycles. The molecular weight excluding hydrogens is 328 g/mol. The lowest BCUT2D eigenvalue weighted by atomic mass is 9.94. The molecule has 0 unspecified atom stereocenters. The van der Waals surface area contributed by atoms with Gasteiger partial charge in [0.05, 0.1) is 12.7 Å². The molecule has 5 nitrogen and oxygen atoms in total. The summed E-state index contributed by atoms with van der Waals surface area (Å²) in [7, 11) is 0. The van der Waals surface area contributed by atoms with Crippen LogP contribution in [0.3, 0.4) is 0 Å². The third kappa shape index (κ3) is 5.21. The number of rotatable bonds is 6. The molecule has 0 aromatic heterocycles. The second-order valence-corrected chi connectivity index (χ2v) is 7.89. The average molecular weight is 360 g/mol. The Hall–Kier alpha value is -1.59. The van der Waals surface area contributed by atoms with E-state index < -0.39 is 0 Å². The highest BCUT2D eigenvalue weighted by molar-refractivity contribution is 5.67. The number of amides is 1. The number of likely N-dealkylation sites (tertiary alicyclic amines) is 1. The van der Waals surface area contributed by atoms with Crippen LogP contribution in [-0.2, 0) is 9.47 Å². The van der Waals surface area contributed by atoms with E-state index in [1.54, 1.807) is 0 Å². The van der Waals surface area contributed by atoms with Gasteiger partial charge in [-0.25, -0.2) is 4.79 Å². The first kappa shape index (κ1) is 19.2. The lowest BCUT2D eigenvalue weighted by Crippen LogP contribution is -2.46. The predicted molar refractivity (Wildman–Crippen MR) is 102 cm³/mol. The summed E-state index contributed by atoms with van der Waals surface area (Å²) in [6, 6.07) is 11.0. The zero-order chi connectivity index (χ0) is 18.4. The van der Waals surface area contributed by atoms with E-state index in [-0.39, 0.29) is 12.2 Å². The van der Waals surface area contributed by atoms with E-state index in [1.165, 1.54) is 5.56 Å². The summed E-state index contributed by atoms with van der Waals surface area (Å²) in [5.74, 6) is 0.899. The molecular formula is C21H32N2O3. The fourth-order valence-corrected chi connectivity index (χ4v) is 3.77. The Balaban J connectivity index is 1.40. The van der Waals surface area contributed by atoms with Gasteiger partial charge in [0.25, 0.3) is 0 Å². The van der Waals surface area contributed by atoms with Crippen LogP contribution < -0.4 is 5.32 Å². The van der Waals surface area contributed by atoms with Crippen LogP contribution in [-0.4, -0.2) is 49.9 Å². The van der Waals surface area contributed by atoms with Gasteiger partial charge in [0.2, 0.25) is 0 Å². The van der Waals surface area contributed by atoms with Gasteiger partial charge in [-0.15, -0.1) is 0 Å². The normalized spacial score (nSPS) is 24.2. The Labute approximate surface area is 157 Å². The molecule has 3 rings (SSSR count). The predicted octanol–water partition coefficient (Wildman–Crippen LogP) is 3.61. The van der Waals surface area contributed by atoms with Gasteiger partial charge >= 0.3 is 6.09 Å². The second kappa shape index (κ2) is 9.38. The van der Waals surface area contributed by atoms with Crippen LogP contribution >= 0.6 is 0 Å². The monoisotopic (exact) mass is 360 g/mol. The minimum atomic E-state index is -0.162. The summed E-state index contributed by atoms with van der Waals surface area (Å²) in [4.78, 5) is 13.9. The molecule has 1 amide bonds. The van der Waals surface area contributed by atoms with Crippen LogP contribution in [0.15, 0.2) is 30.3 Å². The number of benzene rings is 1. The number of carbonyl (C=O) groups is 1. The summed E-state index contributed by atoms with van der Waals surface area (Å²) >= 11 is 0. The molecule has 144 valence electrons. The van der Waals surface area contributed by atoms with Gasteiger partial charge in [-0.2, -0.15) is 0 Å². The van der Waals surface area contributed by atoms with E-state index in [2.05, 4.69) is 43.4 Å². The van der Waals surface area contributed by atoms with Crippen LogP contribution in [0.4, 0.5) is 4.79 Å². The standard InChI is InChI=1S/C21H32N2O3/c1-16(2)15-26-21(24)23-11-8-19(9-12-23)22-14-18-10-13-25-20(18)17-6-4-3-5-7-17/h3-7,16,18-20,22H,8-15H2,1-2H3/t18-,20-/m0/s1. The number of nitrogens with zero attached hydrogens (tertiary/aromatic N) is 1. The molecule has 0 spiro atoms. The first-order chi connectivity index (χ1) is 12.6. The van der Waals surface area contributed by atoms with E-state index >= 15 is 0 Å². The first-order valence-electron chi connectivity index (χ1n) is 9.95. The molecule has 5 heteroatoms. The average Bonchev–Trinajstić information content (AvgIpc) is 3.14. The number of nitrogens with one attached hydrogen (secondary N) is 1. The maximum absolute atomic E-state index is 12.0. The van der Waals surface area contributed by atoms with Gasteiger partial charge in [0.15, 0.2) is 0 Å². The van der Waals surface area contributed by atoms with Crippen molar-refractivity contribution in [2.45, 2.75) is 45.3 Å². The highest BCUT2D eigenvalue weighted by Gasteiger charge is 2.31. The number of piperidine rings is 1. The van der Waals surface area contributed by atoms with E-state index in [4.69, 9.17) is 9.47 Å². The fourth-order valence-electron chi connectivity index (χ4n) is 3.77. The van der Waals surface area contributed by atoms with Crippen molar-refractivity contribution in [3.8, 4) is 0 Å². The van der Waals surface area contributed by atoms with Crippen molar-refractivity contribution in [2.75, 3.05) is 32.8 Å². The molecule has 0 bridgehead atoms. The maximum Gasteiger partial charge on any atom is 0.409 e. The van der Waals surface area contributed by atoms with Crippen LogP contribution in [0.5, 0.6) is 0 Å². The smallest absolute Gasteiger partial charge is 0.409 e. The van der Waals surface area contributed by atoms with Crippen molar-refractivity contribution >= 4 is 6.09 Å². The van der Waals surface area contributed by atoms with E-state index in [0.717, 1.165) is 45.5 Å². The topological polar surface area (TPSA) is 50.8 Å². The minimum Gasteiger partial charge on any atom is -0.449 e.